The molecule has 2 aromatic carbocycles. The Kier molecular flexibility index (Phi) is 7.48. The predicted octanol–water partition coefficient (Wildman–Crippen LogP) is 6.24. The van der Waals surface area contributed by atoms with E-state index in [4.69, 9.17) is 9.47 Å². The summed E-state index contributed by atoms with van der Waals surface area (Å²) in [6.45, 7) is 1.41. The van der Waals surface area contributed by atoms with E-state index in [0.717, 1.165) is 12.1 Å². The van der Waals surface area contributed by atoms with Gasteiger partial charge in [-0.25, -0.2) is 4.98 Å². The lowest BCUT2D eigenvalue weighted by molar-refractivity contribution is -0.274. The number of aromatic nitrogens is 1. The first-order chi connectivity index (χ1) is 16.3. The zero-order chi connectivity index (χ0) is 26.0. The van der Waals surface area contributed by atoms with E-state index in [1.165, 1.54) is 51.5 Å². The number of nitrogens with zero attached hydrogens (tertiary/aromatic N) is 1. The first-order valence-corrected chi connectivity index (χ1v) is 10.6. The summed E-state index contributed by atoms with van der Waals surface area (Å²) in [6.07, 6.45) is -9.85. The van der Waals surface area contributed by atoms with Crippen LogP contribution in [-0.2, 0) is 6.18 Å². The lowest BCUT2D eigenvalue weighted by atomic mass is 10.1. The van der Waals surface area contributed by atoms with Crippen LogP contribution in [0.4, 0.5) is 26.3 Å². The van der Waals surface area contributed by atoms with Crippen LogP contribution < -0.4 is 19.5 Å². The van der Waals surface area contributed by atoms with Crippen molar-refractivity contribution in [1.82, 2.24) is 10.3 Å². The van der Waals surface area contributed by atoms with Crippen LogP contribution in [0.5, 0.6) is 17.2 Å². The zero-order valence-corrected chi connectivity index (χ0v) is 19.2. The van der Waals surface area contributed by atoms with Gasteiger partial charge in [-0.3, -0.25) is 4.79 Å². The van der Waals surface area contributed by atoms with E-state index in [-0.39, 0.29) is 21.9 Å². The van der Waals surface area contributed by atoms with E-state index in [0.29, 0.717) is 17.1 Å². The molecular weight excluding hydrogens is 502 g/mol. The third-order valence-corrected chi connectivity index (χ3v) is 5.77. The molecule has 0 radical (unpaired) electrons. The minimum absolute atomic E-state index is 0.0864. The van der Waals surface area contributed by atoms with Gasteiger partial charge in [0.15, 0.2) is 17.2 Å². The lowest BCUT2D eigenvalue weighted by Gasteiger charge is -2.16. The van der Waals surface area contributed by atoms with E-state index in [1.807, 2.05) is 0 Å². The van der Waals surface area contributed by atoms with Crippen LogP contribution in [0, 0.1) is 0 Å². The highest BCUT2D eigenvalue weighted by Crippen LogP contribution is 2.40. The van der Waals surface area contributed by atoms with Crippen molar-refractivity contribution in [2.75, 3.05) is 14.2 Å². The molecule has 3 aromatic rings. The molecule has 3 rings (SSSR count). The molecule has 1 aromatic heterocycles. The van der Waals surface area contributed by atoms with Crippen molar-refractivity contribution in [3.05, 3.63) is 58.6 Å². The van der Waals surface area contributed by atoms with Gasteiger partial charge in [0, 0.05) is 5.56 Å². The monoisotopic (exact) mass is 520 g/mol. The standard InChI is InChI=1S/C22H18F6N2O4S/c1-11(12-5-4-6-14(9-12)34-22(26,27)28)29-19(31)17-18(21(23,24)25)30-20(35-17)13-7-8-15(32-2)16(10-13)33-3/h4-11H,1-3H3,(H,29,31). The van der Waals surface area contributed by atoms with Crippen molar-refractivity contribution in [2.45, 2.75) is 25.5 Å². The molecule has 1 amide bonds. The number of methoxy groups -OCH3 is 2. The number of thiazole rings is 1. The highest BCUT2D eigenvalue weighted by molar-refractivity contribution is 7.17. The fraction of sp³-hybridized carbons (Fsp3) is 0.273. The molecule has 6 nitrogen and oxygen atoms in total. The van der Waals surface area contributed by atoms with Crippen LogP contribution in [0.2, 0.25) is 0 Å². The summed E-state index contributed by atoms with van der Waals surface area (Å²) >= 11 is 0.515. The molecule has 1 unspecified atom stereocenters. The number of amides is 1. The Morgan fingerprint density at radius 3 is 2.29 bits per heavy atom. The number of rotatable bonds is 7. The third kappa shape index (κ3) is 6.35. The fourth-order valence-electron chi connectivity index (χ4n) is 3.09. The number of halogens is 6. The Labute approximate surface area is 199 Å². The van der Waals surface area contributed by atoms with Crippen molar-refractivity contribution in [3.8, 4) is 27.8 Å². The fourth-order valence-corrected chi connectivity index (χ4v) is 4.07. The molecule has 0 saturated carbocycles. The van der Waals surface area contributed by atoms with Gasteiger partial charge in [-0.2, -0.15) is 13.2 Å². The van der Waals surface area contributed by atoms with Crippen molar-refractivity contribution < 1.29 is 45.3 Å². The molecule has 35 heavy (non-hydrogen) atoms. The van der Waals surface area contributed by atoms with Crippen LogP contribution in [-0.4, -0.2) is 31.5 Å². The lowest BCUT2D eigenvalue weighted by Crippen LogP contribution is -2.28. The van der Waals surface area contributed by atoms with E-state index >= 15 is 0 Å². The molecule has 1 N–H and O–H groups in total. The predicted molar refractivity (Wildman–Crippen MR) is 115 cm³/mol. The van der Waals surface area contributed by atoms with Crippen molar-refractivity contribution in [1.29, 1.82) is 0 Å². The first kappa shape index (κ1) is 26.1. The Morgan fingerprint density at radius 1 is 1.00 bits per heavy atom. The maximum absolute atomic E-state index is 13.7. The normalized spacial score (nSPS) is 12.7. The maximum Gasteiger partial charge on any atom is 0.573 e. The van der Waals surface area contributed by atoms with Gasteiger partial charge in [-0.15, -0.1) is 24.5 Å². The largest absolute Gasteiger partial charge is 0.573 e. The maximum atomic E-state index is 13.7. The second kappa shape index (κ2) is 10.0. The third-order valence-electron chi connectivity index (χ3n) is 4.67. The Morgan fingerprint density at radius 2 is 1.69 bits per heavy atom. The molecule has 0 aliphatic heterocycles. The quantitative estimate of drug-likeness (QED) is 0.374. The smallest absolute Gasteiger partial charge is 0.493 e. The molecule has 0 aliphatic carbocycles. The van der Waals surface area contributed by atoms with Gasteiger partial charge in [0.05, 0.1) is 20.3 Å². The van der Waals surface area contributed by atoms with Gasteiger partial charge in [0.2, 0.25) is 0 Å². The highest BCUT2D eigenvalue weighted by atomic mass is 32.1. The van der Waals surface area contributed by atoms with Gasteiger partial charge < -0.3 is 19.5 Å². The van der Waals surface area contributed by atoms with Gasteiger partial charge in [0.25, 0.3) is 5.91 Å². The van der Waals surface area contributed by atoms with Crippen molar-refractivity contribution in [2.24, 2.45) is 0 Å². The molecule has 1 heterocycles. The summed E-state index contributed by atoms with van der Waals surface area (Å²) in [5.74, 6) is -1.00. The molecule has 0 fully saturated rings. The van der Waals surface area contributed by atoms with Crippen LogP contribution in [0.1, 0.15) is 33.9 Å². The summed E-state index contributed by atoms with van der Waals surface area (Å²) in [5.41, 5.74) is -0.924. The number of alkyl halides is 6. The number of carbonyl (C=O) groups is 1. The van der Waals surface area contributed by atoms with E-state index in [9.17, 15) is 31.1 Å². The zero-order valence-electron chi connectivity index (χ0n) is 18.4. The minimum atomic E-state index is -4.93. The number of nitrogens with one attached hydrogen (secondary N) is 1. The summed E-state index contributed by atoms with van der Waals surface area (Å²) < 4.78 is 92.6. The Bertz CT molecular complexity index is 1210. The summed E-state index contributed by atoms with van der Waals surface area (Å²) in [5, 5.41) is 2.28. The number of hydrogen-bond acceptors (Lipinski definition) is 6. The number of carbonyl (C=O) groups excluding carboxylic acids is 1. The number of benzene rings is 2. The molecule has 0 spiro atoms. The van der Waals surface area contributed by atoms with E-state index < -0.39 is 40.8 Å². The average Bonchev–Trinajstić information content (AvgIpc) is 3.24. The minimum Gasteiger partial charge on any atom is -0.493 e. The Balaban J connectivity index is 1.91. The van der Waals surface area contributed by atoms with Crippen LogP contribution in [0.15, 0.2) is 42.5 Å². The van der Waals surface area contributed by atoms with Crippen LogP contribution in [0.3, 0.4) is 0 Å². The van der Waals surface area contributed by atoms with E-state index in [2.05, 4.69) is 15.0 Å². The highest BCUT2D eigenvalue weighted by Gasteiger charge is 2.40. The molecule has 188 valence electrons. The molecule has 0 saturated heterocycles. The molecule has 13 heteroatoms. The van der Waals surface area contributed by atoms with Crippen molar-refractivity contribution >= 4 is 17.2 Å². The van der Waals surface area contributed by atoms with Gasteiger partial charge in [-0.1, -0.05) is 12.1 Å². The Hall–Kier alpha value is -3.48. The number of ether oxygens (including phenoxy) is 3. The second-order valence-electron chi connectivity index (χ2n) is 7.08. The SMILES string of the molecule is COc1ccc(-c2nc(C(F)(F)F)c(C(=O)NC(C)c3cccc(OC(F)(F)F)c3)s2)cc1OC. The van der Waals surface area contributed by atoms with Crippen molar-refractivity contribution in [3.63, 3.8) is 0 Å². The van der Waals surface area contributed by atoms with Gasteiger partial charge in [0.1, 0.15) is 15.6 Å². The van der Waals surface area contributed by atoms with E-state index in [1.54, 1.807) is 0 Å². The summed E-state index contributed by atoms with van der Waals surface area (Å²) in [7, 11) is 2.76. The molecule has 1 atom stereocenters. The van der Waals surface area contributed by atoms with Crippen LogP contribution in [0.25, 0.3) is 10.6 Å². The molecule has 0 bridgehead atoms. The van der Waals surface area contributed by atoms with Gasteiger partial charge >= 0.3 is 12.5 Å². The first-order valence-electron chi connectivity index (χ1n) is 9.79. The topological polar surface area (TPSA) is 69.7 Å². The second-order valence-corrected chi connectivity index (χ2v) is 8.08. The van der Waals surface area contributed by atoms with Crippen LogP contribution >= 0.6 is 11.3 Å². The average molecular weight is 520 g/mol. The molecule has 0 aliphatic rings. The summed E-state index contributed by atoms with van der Waals surface area (Å²) in [4.78, 5) is 15.7. The molecular formula is C22H18F6N2O4S. The summed E-state index contributed by atoms with van der Waals surface area (Å²) in [6, 6.07) is 8.21. The van der Waals surface area contributed by atoms with Gasteiger partial charge in [-0.05, 0) is 42.8 Å². The number of hydrogen-bond donors (Lipinski definition) is 1.